The van der Waals surface area contributed by atoms with Crippen molar-refractivity contribution in [3.63, 3.8) is 0 Å². The molecule has 19 heavy (non-hydrogen) atoms. The third-order valence-corrected chi connectivity index (χ3v) is 4.90. The predicted molar refractivity (Wildman–Crippen MR) is 76.3 cm³/mol. The molecule has 4 nitrogen and oxygen atoms in total. The molecule has 0 amide bonds. The first-order valence-corrected chi connectivity index (χ1v) is 7.62. The summed E-state index contributed by atoms with van der Waals surface area (Å²) >= 11 is 0. The summed E-state index contributed by atoms with van der Waals surface area (Å²) in [6, 6.07) is 0. The van der Waals surface area contributed by atoms with E-state index < -0.39 is 11.4 Å². The van der Waals surface area contributed by atoms with Crippen LogP contribution in [0.25, 0.3) is 0 Å². The van der Waals surface area contributed by atoms with Crippen LogP contribution in [0.1, 0.15) is 38.5 Å². The Morgan fingerprint density at radius 2 is 2.05 bits per heavy atom. The lowest BCUT2D eigenvalue weighted by atomic mass is 9.73. The molecule has 0 aromatic rings. The van der Waals surface area contributed by atoms with E-state index >= 15 is 0 Å². The highest BCUT2D eigenvalue weighted by molar-refractivity contribution is 5.75. The molecule has 0 bridgehead atoms. The highest BCUT2D eigenvalue weighted by atomic mass is 16.4. The van der Waals surface area contributed by atoms with E-state index in [1.165, 1.54) is 19.4 Å². The Labute approximate surface area is 116 Å². The van der Waals surface area contributed by atoms with E-state index in [1.807, 2.05) is 0 Å². The van der Waals surface area contributed by atoms with Gasteiger partial charge in [0, 0.05) is 19.6 Å². The van der Waals surface area contributed by atoms with Crippen molar-refractivity contribution in [3.05, 3.63) is 0 Å². The van der Waals surface area contributed by atoms with Gasteiger partial charge < -0.3 is 14.9 Å². The molecule has 1 aliphatic carbocycles. The molecule has 2 rings (SSSR count). The van der Waals surface area contributed by atoms with Gasteiger partial charge in [0.05, 0.1) is 5.41 Å². The van der Waals surface area contributed by atoms with Gasteiger partial charge in [-0.3, -0.25) is 4.79 Å². The Bertz CT molecular complexity index is 313. The van der Waals surface area contributed by atoms with Crippen LogP contribution in [-0.4, -0.2) is 61.2 Å². The zero-order chi connectivity index (χ0) is 13.9. The SMILES string of the molecule is CN1CCC(CN(C)CC2(C(=O)O)CCCCC2)C1. The number of likely N-dealkylation sites (tertiary alicyclic amines) is 1. The average molecular weight is 268 g/mol. The Hall–Kier alpha value is -0.610. The van der Waals surface area contributed by atoms with Crippen molar-refractivity contribution in [1.82, 2.24) is 9.80 Å². The predicted octanol–water partition coefficient (Wildman–Crippen LogP) is 1.90. The maximum absolute atomic E-state index is 11.7. The van der Waals surface area contributed by atoms with Gasteiger partial charge in [-0.1, -0.05) is 19.3 Å². The molecule has 1 N–H and O–H groups in total. The van der Waals surface area contributed by atoms with E-state index in [2.05, 4.69) is 23.9 Å². The van der Waals surface area contributed by atoms with Crippen molar-refractivity contribution in [1.29, 1.82) is 0 Å². The van der Waals surface area contributed by atoms with Crippen molar-refractivity contribution in [3.8, 4) is 0 Å². The molecule has 1 saturated carbocycles. The smallest absolute Gasteiger partial charge is 0.310 e. The number of hydrogen-bond donors (Lipinski definition) is 1. The molecule has 2 aliphatic rings. The summed E-state index contributed by atoms with van der Waals surface area (Å²) in [6.45, 7) is 4.11. The Balaban J connectivity index is 1.88. The number of aliphatic carboxylic acids is 1. The number of carboxylic acid groups (broad SMARTS) is 1. The van der Waals surface area contributed by atoms with Gasteiger partial charge in [-0.15, -0.1) is 0 Å². The highest BCUT2D eigenvalue weighted by Crippen LogP contribution is 2.37. The topological polar surface area (TPSA) is 43.8 Å². The molecular weight excluding hydrogens is 240 g/mol. The highest BCUT2D eigenvalue weighted by Gasteiger charge is 2.40. The first-order valence-electron chi connectivity index (χ1n) is 7.62. The Kier molecular flexibility index (Phi) is 4.85. The van der Waals surface area contributed by atoms with Crippen molar-refractivity contribution >= 4 is 5.97 Å². The third-order valence-electron chi connectivity index (χ3n) is 4.90. The summed E-state index contributed by atoms with van der Waals surface area (Å²) < 4.78 is 0. The minimum Gasteiger partial charge on any atom is -0.481 e. The summed E-state index contributed by atoms with van der Waals surface area (Å²) in [5.41, 5.74) is -0.475. The molecule has 2 fully saturated rings. The van der Waals surface area contributed by atoms with Gasteiger partial charge in [0.1, 0.15) is 0 Å². The van der Waals surface area contributed by atoms with E-state index in [1.54, 1.807) is 0 Å². The van der Waals surface area contributed by atoms with E-state index in [4.69, 9.17) is 0 Å². The lowest BCUT2D eigenvalue weighted by Gasteiger charge is -2.37. The fourth-order valence-electron chi connectivity index (χ4n) is 3.87. The van der Waals surface area contributed by atoms with E-state index in [-0.39, 0.29) is 0 Å². The molecule has 1 saturated heterocycles. The van der Waals surface area contributed by atoms with Gasteiger partial charge in [0.25, 0.3) is 0 Å². The number of carboxylic acids is 1. The second-order valence-corrected chi connectivity index (χ2v) is 6.76. The fraction of sp³-hybridized carbons (Fsp3) is 0.933. The normalized spacial score (nSPS) is 27.8. The molecule has 1 aliphatic heterocycles. The Morgan fingerprint density at radius 1 is 1.37 bits per heavy atom. The maximum atomic E-state index is 11.7. The van der Waals surface area contributed by atoms with Gasteiger partial charge in [0.2, 0.25) is 0 Å². The maximum Gasteiger partial charge on any atom is 0.310 e. The van der Waals surface area contributed by atoms with Gasteiger partial charge in [-0.05, 0) is 45.8 Å². The minimum atomic E-state index is -0.581. The lowest BCUT2D eigenvalue weighted by molar-refractivity contribution is -0.152. The van der Waals surface area contributed by atoms with Crippen LogP contribution in [0.15, 0.2) is 0 Å². The molecule has 0 spiro atoms. The molecule has 0 aromatic carbocycles. The van der Waals surface area contributed by atoms with Crippen molar-refractivity contribution in [2.45, 2.75) is 38.5 Å². The van der Waals surface area contributed by atoms with Crippen LogP contribution in [0.4, 0.5) is 0 Å². The average Bonchev–Trinajstić information content (AvgIpc) is 2.75. The first-order chi connectivity index (χ1) is 9.02. The fourth-order valence-corrected chi connectivity index (χ4v) is 3.87. The summed E-state index contributed by atoms with van der Waals surface area (Å²) in [4.78, 5) is 16.3. The van der Waals surface area contributed by atoms with Gasteiger partial charge in [0.15, 0.2) is 0 Å². The number of carbonyl (C=O) groups is 1. The van der Waals surface area contributed by atoms with E-state index in [0.29, 0.717) is 5.92 Å². The first kappa shape index (κ1) is 14.8. The molecule has 4 heteroatoms. The second kappa shape index (κ2) is 6.23. The quantitative estimate of drug-likeness (QED) is 0.827. The Morgan fingerprint density at radius 3 is 2.58 bits per heavy atom. The number of nitrogens with zero attached hydrogens (tertiary/aromatic N) is 2. The molecular formula is C15H28N2O2. The molecule has 0 aromatic heterocycles. The summed E-state index contributed by atoms with van der Waals surface area (Å²) in [5, 5.41) is 9.61. The lowest BCUT2D eigenvalue weighted by Crippen LogP contribution is -2.44. The van der Waals surface area contributed by atoms with Gasteiger partial charge in [-0.2, -0.15) is 0 Å². The summed E-state index contributed by atoms with van der Waals surface area (Å²) in [5.74, 6) is 0.132. The van der Waals surface area contributed by atoms with Crippen LogP contribution in [0.3, 0.4) is 0 Å². The van der Waals surface area contributed by atoms with Crippen LogP contribution in [0.5, 0.6) is 0 Å². The van der Waals surface area contributed by atoms with Crippen LogP contribution < -0.4 is 0 Å². The van der Waals surface area contributed by atoms with Crippen LogP contribution in [0, 0.1) is 11.3 Å². The van der Waals surface area contributed by atoms with E-state index in [0.717, 1.165) is 45.3 Å². The zero-order valence-electron chi connectivity index (χ0n) is 12.4. The second-order valence-electron chi connectivity index (χ2n) is 6.76. The number of hydrogen-bond acceptors (Lipinski definition) is 3. The summed E-state index contributed by atoms with van der Waals surface area (Å²) in [7, 11) is 4.26. The number of rotatable bonds is 5. The van der Waals surface area contributed by atoms with E-state index in [9.17, 15) is 9.90 Å². The standard InChI is InChI=1S/C15H28N2O2/c1-16-9-6-13(10-16)11-17(2)12-15(14(18)19)7-4-3-5-8-15/h13H,3-12H2,1-2H3,(H,18,19). The van der Waals surface area contributed by atoms with Crippen LogP contribution in [0.2, 0.25) is 0 Å². The molecule has 110 valence electrons. The van der Waals surface area contributed by atoms with Gasteiger partial charge >= 0.3 is 5.97 Å². The molecule has 1 heterocycles. The third kappa shape index (κ3) is 3.69. The molecule has 0 radical (unpaired) electrons. The van der Waals surface area contributed by atoms with Crippen LogP contribution in [-0.2, 0) is 4.79 Å². The minimum absolute atomic E-state index is 0.475. The summed E-state index contributed by atoms with van der Waals surface area (Å²) in [6.07, 6.45) is 6.32. The zero-order valence-corrected chi connectivity index (χ0v) is 12.4. The molecule has 1 unspecified atom stereocenters. The largest absolute Gasteiger partial charge is 0.481 e. The van der Waals surface area contributed by atoms with Crippen molar-refractivity contribution < 1.29 is 9.90 Å². The van der Waals surface area contributed by atoms with Crippen molar-refractivity contribution in [2.75, 3.05) is 40.3 Å². The molecule has 1 atom stereocenters. The van der Waals surface area contributed by atoms with Crippen LogP contribution >= 0.6 is 0 Å². The van der Waals surface area contributed by atoms with Gasteiger partial charge in [-0.25, -0.2) is 0 Å². The van der Waals surface area contributed by atoms with Crippen molar-refractivity contribution in [2.24, 2.45) is 11.3 Å². The monoisotopic (exact) mass is 268 g/mol.